The van der Waals surface area contributed by atoms with Crippen LogP contribution in [0.3, 0.4) is 0 Å². The molecule has 0 radical (unpaired) electrons. The first-order valence-corrected chi connectivity index (χ1v) is 7.13. The molecule has 2 atom stereocenters. The lowest BCUT2D eigenvalue weighted by atomic mass is 9.92. The van der Waals surface area contributed by atoms with Gasteiger partial charge in [-0.1, -0.05) is 48.5 Å². The Kier molecular flexibility index (Phi) is 4.99. The van der Waals surface area contributed by atoms with Crippen LogP contribution in [0.15, 0.2) is 60.7 Å². The molecule has 112 valence electrons. The molecule has 0 spiro atoms. The minimum absolute atomic E-state index is 0.609. The van der Waals surface area contributed by atoms with Crippen molar-refractivity contribution in [2.24, 2.45) is 0 Å². The number of ether oxygens (including phenoxy) is 1. The summed E-state index contributed by atoms with van der Waals surface area (Å²) in [6.07, 6.45) is -0.707. The number of aliphatic hydroxyl groups is 1. The van der Waals surface area contributed by atoms with Gasteiger partial charge in [0.25, 0.3) is 0 Å². The molecule has 0 bridgehead atoms. The summed E-state index contributed by atoms with van der Waals surface area (Å²) >= 11 is 0. The molecule has 2 aromatic rings. The normalized spacial score (nSPS) is 15.5. The highest BCUT2D eigenvalue weighted by Gasteiger charge is 2.37. The summed E-state index contributed by atoms with van der Waals surface area (Å²) in [5.41, 5.74) is 0.129. The van der Waals surface area contributed by atoms with E-state index in [1.165, 1.54) is 0 Å². The van der Waals surface area contributed by atoms with Crippen molar-refractivity contribution >= 4 is 0 Å². The Morgan fingerprint density at radius 2 is 1.52 bits per heavy atom. The quantitative estimate of drug-likeness (QED) is 0.885. The molecule has 0 unspecified atom stereocenters. The van der Waals surface area contributed by atoms with Gasteiger partial charge >= 0.3 is 0 Å². The van der Waals surface area contributed by atoms with Gasteiger partial charge in [0.15, 0.2) is 0 Å². The van der Waals surface area contributed by atoms with Crippen LogP contribution in [-0.4, -0.2) is 36.2 Å². The molecular weight excluding hydrogens is 262 g/mol. The summed E-state index contributed by atoms with van der Waals surface area (Å²) in [6, 6.07) is 19.3. The Bertz CT molecular complexity index is 542. The van der Waals surface area contributed by atoms with Crippen molar-refractivity contribution in [2.75, 3.05) is 20.6 Å². The molecule has 2 aromatic carbocycles. The maximum atomic E-state index is 10.8. The molecular formula is C18H23NO2. The smallest absolute Gasteiger partial charge is 0.149 e. The third-order valence-corrected chi connectivity index (χ3v) is 3.42. The highest BCUT2D eigenvalue weighted by atomic mass is 16.5. The number of benzene rings is 2. The molecule has 0 fully saturated rings. The maximum absolute atomic E-state index is 10.8. The minimum Gasteiger partial charge on any atom is -0.483 e. The molecule has 0 aliphatic rings. The Balaban J connectivity index is 2.28. The second-order valence-corrected chi connectivity index (χ2v) is 5.78. The largest absolute Gasteiger partial charge is 0.483 e. The average Bonchev–Trinajstić information content (AvgIpc) is 2.47. The van der Waals surface area contributed by atoms with E-state index in [2.05, 4.69) is 0 Å². The van der Waals surface area contributed by atoms with Crippen LogP contribution in [0.1, 0.15) is 18.6 Å². The summed E-state index contributed by atoms with van der Waals surface area (Å²) in [4.78, 5) is 2.02. The summed E-state index contributed by atoms with van der Waals surface area (Å²) in [6.45, 7) is 2.55. The summed E-state index contributed by atoms with van der Waals surface area (Å²) in [5.74, 6) is 0.761. The number of likely N-dealkylation sites (N-methyl/N-ethyl adjacent to an activating group) is 1. The van der Waals surface area contributed by atoms with Gasteiger partial charge in [-0.05, 0) is 38.7 Å². The van der Waals surface area contributed by atoms with Crippen LogP contribution < -0.4 is 4.74 Å². The van der Waals surface area contributed by atoms with E-state index < -0.39 is 11.7 Å². The molecule has 3 nitrogen and oxygen atoms in total. The van der Waals surface area contributed by atoms with Gasteiger partial charge in [-0.25, -0.2) is 0 Å². The lowest BCUT2D eigenvalue weighted by Crippen LogP contribution is -2.47. The van der Waals surface area contributed by atoms with Crippen LogP contribution in [0.4, 0.5) is 0 Å². The zero-order valence-electron chi connectivity index (χ0n) is 12.9. The van der Waals surface area contributed by atoms with Crippen molar-refractivity contribution in [3.63, 3.8) is 0 Å². The van der Waals surface area contributed by atoms with Gasteiger partial charge in [0.1, 0.15) is 17.5 Å². The van der Waals surface area contributed by atoms with E-state index in [0.717, 1.165) is 11.3 Å². The third kappa shape index (κ3) is 4.06. The van der Waals surface area contributed by atoms with Crippen LogP contribution in [0, 0.1) is 0 Å². The fourth-order valence-corrected chi connectivity index (χ4v) is 2.55. The zero-order valence-corrected chi connectivity index (χ0v) is 12.9. The lowest BCUT2D eigenvalue weighted by Gasteiger charge is -2.37. The van der Waals surface area contributed by atoms with E-state index in [0.29, 0.717) is 6.54 Å². The summed E-state index contributed by atoms with van der Waals surface area (Å²) in [5, 5.41) is 10.8. The summed E-state index contributed by atoms with van der Waals surface area (Å²) < 4.78 is 6.14. The van der Waals surface area contributed by atoms with E-state index in [1.54, 1.807) is 0 Å². The van der Waals surface area contributed by atoms with E-state index in [-0.39, 0.29) is 0 Å². The highest BCUT2D eigenvalue weighted by Crippen LogP contribution is 2.31. The predicted octanol–water partition coefficient (Wildman–Crippen LogP) is 3.12. The lowest BCUT2D eigenvalue weighted by molar-refractivity contribution is -0.0569. The number of para-hydroxylation sites is 1. The van der Waals surface area contributed by atoms with Crippen LogP contribution in [0.5, 0.6) is 5.75 Å². The second kappa shape index (κ2) is 6.74. The molecule has 3 heteroatoms. The molecule has 0 aliphatic heterocycles. The molecule has 0 aliphatic carbocycles. The molecule has 21 heavy (non-hydrogen) atoms. The third-order valence-electron chi connectivity index (χ3n) is 3.42. The Morgan fingerprint density at radius 3 is 2.05 bits per heavy atom. The second-order valence-electron chi connectivity index (χ2n) is 5.78. The van der Waals surface area contributed by atoms with Crippen molar-refractivity contribution < 1.29 is 9.84 Å². The number of hydrogen-bond donors (Lipinski definition) is 1. The van der Waals surface area contributed by atoms with Gasteiger partial charge in [0.2, 0.25) is 0 Å². The number of rotatable bonds is 6. The van der Waals surface area contributed by atoms with Crippen LogP contribution >= 0.6 is 0 Å². The Hall–Kier alpha value is -1.84. The van der Waals surface area contributed by atoms with Gasteiger partial charge in [-0.3, -0.25) is 0 Å². The standard InChI is InChI=1S/C18H23NO2/c1-18(14-19(2)3,21-16-12-8-5-9-13-16)17(20)15-10-6-4-7-11-15/h4-13,17,20H,14H2,1-3H3/t17-,18+/m1/s1. The number of hydrogen-bond acceptors (Lipinski definition) is 3. The maximum Gasteiger partial charge on any atom is 0.149 e. The van der Waals surface area contributed by atoms with Gasteiger partial charge in [-0.2, -0.15) is 0 Å². The minimum atomic E-state index is -0.730. The first-order chi connectivity index (χ1) is 10.0. The predicted molar refractivity (Wildman–Crippen MR) is 85.4 cm³/mol. The molecule has 0 heterocycles. The van der Waals surface area contributed by atoms with E-state index in [9.17, 15) is 5.11 Å². The highest BCUT2D eigenvalue weighted by molar-refractivity contribution is 5.25. The Labute approximate surface area is 126 Å². The SMILES string of the molecule is CN(C)C[C@](C)(Oc1ccccc1)[C@H](O)c1ccccc1. The average molecular weight is 285 g/mol. The number of nitrogens with zero attached hydrogens (tertiary/aromatic N) is 1. The van der Waals surface area contributed by atoms with E-state index >= 15 is 0 Å². The first-order valence-electron chi connectivity index (χ1n) is 7.13. The molecule has 0 amide bonds. The molecule has 2 rings (SSSR count). The van der Waals surface area contributed by atoms with Gasteiger partial charge < -0.3 is 14.7 Å². The van der Waals surface area contributed by atoms with Crippen molar-refractivity contribution in [3.8, 4) is 5.75 Å². The van der Waals surface area contributed by atoms with Gasteiger partial charge in [0.05, 0.1) is 0 Å². The summed E-state index contributed by atoms with van der Waals surface area (Å²) in [7, 11) is 3.95. The fourth-order valence-electron chi connectivity index (χ4n) is 2.55. The molecule has 0 saturated carbocycles. The molecule has 0 saturated heterocycles. The Morgan fingerprint density at radius 1 is 1.00 bits per heavy atom. The van der Waals surface area contributed by atoms with Crippen LogP contribution in [0.2, 0.25) is 0 Å². The number of aliphatic hydroxyl groups excluding tert-OH is 1. The van der Waals surface area contributed by atoms with E-state index in [1.807, 2.05) is 86.6 Å². The van der Waals surface area contributed by atoms with Crippen molar-refractivity contribution in [2.45, 2.75) is 18.6 Å². The van der Waals surface area contributed by atoms with E-state index in [4.69, 9.17) is 4.74 Å². The van der Waals surface area contributed by atoms with Crippen LogP contribution in [0.25, 0.3) is 0 Å². The van der Waals surface area contributed by atoms with Gasteiger partial charge in [-0.15, -0.1) is 0 Å². The van der Waals surface area contributed by atoms with Crippen molar-refractivity contribution in [1.29, 1.82) is 0 Å². The first kappa shape index (κ1) is 15.5. The van der Waals surface area contributed by atoms with Crippen LogP contribution in [-0.2, 0) is 0 Å². The zero-order chi connectivity index (χ0) is 15.3. The van der Waals surface area contributed by atoms with Crippen molar-refractivity contribution in [3.05, 3.63) is 66.2 Å². The van der Waals surface area contributed by atoms with Crippen molar-refractivity contribution in [1.82, 2.24) is 4.90 Å². The molecule has 1 N–H and O–H groups in total. The fraction of sp³-hybridized carbons (Fsp3) is 0.333. The molecule has 0 aromatic heterocycles. The van der Waals surface area contributed by atoms with Gasteiger partial charge in [0, 0.05) is 6.54 Å². The topological polar surface area (TPSA) is 32.7 Å². The monoisotopic (exact) mass is 285 g/mol.